The van der Waals surface area contributed by atoms with Gasteiger partial charge in [0.05, 0.1) is 10.5 Å². The highest BCUT2D eigenvalue weighted by molar-refractivity contribution is 8.00. The third kappa shape index (κ3) is 2.84. The van der Waals surface area contributed by atoms with E-state index < -0.39 is 16.0 Å². The minimum absolute atomic E-state index is 0.0156. The molecular weight excluding hydrogens is 298 g/mol. The number of hydrogen-bond donors (Lipinski definition) is 1. The SMILES string of the molecule is CC1SCCN(S(=O)(=O)c2cccc(C(=O)O)c2)C1C. The Kier molecular flexibility index (Phi) is 4.41. The van der Waals surface area contributed by atoms with Crippen molar-refractivity contribution in [1.82, 2.24) is 4.31 Å². The molecule has 0 aromatic heterocycles. The van der Waals surface area contributed by atoms with Crippen molar-refractivity contribution in [2.75, 3.05) is 12.3 Å². The Hall–Kier alpha value is -1.05. The molecule has 1 N–H and O–H groups in total. The Balaban J connectivity index is 2.39. The summed E-state index contributed by atoms with van der Waals surface area (Å²) in [6.45, 7) is 4.34. The number of carbonyl (C=O) groups is 1. The topological polar surface area (TPSA) is 74.7 Å². The van der Waals surface area contributed by atoms with E-state index in [9.17, 15) is 13.2 Å². The van der Waals surface area contributed by atoms with E-state index in [1.807, 2.05) is 13.8 Å². The molecule has 0 spiro atoms. The van der Waals surface area contributed by atoms with Gasteiger partial charge in [0.25, 0.3) is 0 Å². The molecular formula is C13H17NO4S2. The number of carboxylic acids is 1. The van der Waals surface area contributed by atoms with Crippen LogP contribution in [0.3, 0.4) is 0 Å². The lowest BCUT2D eigenvalue weighted by molar-refractivity contribution is 0.0696. The van der Waals surface area contributed by atoms with E-state index in [1.165, 1.54) is 28.6 Å². The summed E-state index contributed by atoms with van der Waals surface area (Å²) in [6.07, 6.45) is 0. The molecule has 0 amide bonds. The average Bonchev–Trinajstić information content (AvgIpc) is 2.41. The Labute approximate surface area is 123 Å². The minimum atomic E-state index is -3.64. The molecule has 0 aliphatic carbocycles. The molecule has 0 bridgehead atoms. The predicted molar refractivity (Wildman–Crippen MR) is 78.7 cm³/mol. The number of hydrogen-bond acceptors (Lipinski definition) is 4. The largest absolute Gasteiger partial charge is 0.478 e. The summed E-state index contributed by atoms with van der Waals surface area (Å²) in [6, 6.07) is 5.41. The van der Waals surface area contributed by atoms with Crippen molar-refractivity contribution < 1.29 is 18.3 Å². The number of carboxylic acid groups (broad SMARTS) is 1. The zero-order chi connectivity index (χ0) is 14.9. The minimum Gasteiger partial charge on any atom is -0.478 e. The molecule has 2 unspecified atom stereocenters. The number of benzene rings is 1. The maximum absolute atomic E-state index is 12.6. The van der Waals surface area contributed by atoms with Gasteiger partial charge in [-0.05, 0) is 25.1 Å². The van der Waals surface area contributed by atoms with Crippen molar-refractivity contribution in [3.63, 3.8) is 0 Å². The van der Waals surface area contributed by atoms with Gasteiger partial charge in [0.2, 0.25) is 10.0 Å². The van der Waals surface area contributed by atoms with E-state index in [-0.39, 0.29) is 21.8 Å². The summed E-state index contributed by atoms with van der Waals surface area (Å²) < 4.78 is 26.8. The number of rotatable bonds is 3. The molecule has 5 nitrogen and oxygen atoms in total. The van der Waals surface area contributed by atoms with E-state index in [2.05, 4.69) is 0 Å². The fourth-order valence-corrected chi connectivity index (χ4v) is 5.21. The first-order valence-corrected chi connectivity index (χ1v) is 8.79. The van der Waals surface area contributed by atoms with Gasteiger partial charge in [0.1, 0.15) is 0 Å². The number of aromatic carboxylic acids is 1. The number of nitrogens with zero attached hydrogens (tertiary/aromatic N) is 1. The van der Waals surface area contributed by atoms with Crippen LogP contribution in [-0.2, 0) is 10.0 Å². The van der Waals surface area contributed by atoms with Crippen LogP contribution in [0.4, 0.5) is 0 Å². The Morgan fingerprint density at radius 2 is 2.10 bits per heavy atom. The van der Waals surface area contributed by atoms with Gasteiger partial charge < -0.3 is 5.11 Å². The Morgan fingerprint density at radius 1 is 1.40 bits per heavy atom. The molecule has 110 valence electrons. The molecule has 1 heterocycles. The number of sulfonamides is 1. The van der Waals surface area contributed by atoms with Crippen LogP contribution >= 0.6 is 11.8 Å². The van der Waals surface area contributed by atoms with Gasteiger partial charge in [-0.1, -0.05) is 13.0 Å². The molecule has 1 aliphatic heterocycles. The molecule has 1 saturated heterocycles. The maximum Gasteiger partial charge on any atom is 0.335 e. The lowest BCUT2D eigenvalue weighted by atomic mass is 10.2. The van der Waals surface area contributed by atoms with Crippen molar-refractivity contribution >= 4 is 27.8 Å². The molecule has 1 aromatic rings. The quantitative estimate of drug-likeness (QED) is 0.922. The van der Waals surface area contributed by atoms with E-state index in [1.54, 1.807) is 11.8 Å². The zero-order valence-corrected chi connectivity index (χ0v) is 12.9. The highest BCUT2D eigenvalue weighted by Crippen LogP contribution is 2.29. The summed E-state index contributed by atoms with van der Waals surface area (Å²) in [7, 11) is -3.64. The van der Waals surface area contributed by atoms with E-state index >= 15 is 0 Å². The third-order valence-electron chi connectivity index (χ3n) is 3.51. The second-order valence-electron chi connectivity index (χ2n) is 4.77. The van der Waals surface area contributed by atoms with Crippen molar-refractivity contribution in [2.45, 2.75) is 30.0 Å². The van der Waals surface area contributed by atoms with Crippen LogP contribution < -0.4 is 0 Å². The summed E-state index contributed by atoms with van der Waals surface area (Å²) in [5.74, 6) is -0.374. The molecule has 2 rings (SSSR count). The van der Waals surface area contributed by atoms with Crippen LogP contribution in [0, 0.1) is 0 Å². The van der Waals surface area contributed by atoms with Crippen LogP contribution in [-0.4, -0.2) is 47.4 Å². The van der Waals surface area contributed by atoms with Gasteiger partial charge in [-0.3, -0.25) is 0 Å². The second-order valence-corrected chi connectivity index (χ2v) is 8.14. The second kappa shape index (κ2) is 5.75. The Morgan fingerprint density at radius 3 is 2.75 bits per heavy atom. The number of thioether (sulfide) groups is 1. The molecule has 20 heavy (non-hydrogen) atoms. The Bertz CT molecular complexity index is 615. The summed E-state index contributed by atoms with van der Waals surface area (Å²) in [5, 5.41) is 9.19. The fraction of sp³-hybridized carbons (Fsp3) is 0.462. The molecule has 7 heteroatoms. The van der Waals surface area contributed by atoms with E-state index in [0.29, 0.717) is 6.54 Å². The fourth-order valence-electron chi connectivity index (χ4n) is 2.17. The third-order valence-corrected chi connectivity index (χ3v) is 6.83. The van der Waals surface area contributed by atoms with Gasteiger partial charge in [0.15, 0.2) is 0 Å². The van der Waals surface area contributed by atoms with Gasteiger partial charge in [0, 0.05) is 23.6 Å². The predicted octanol–water partition coefficient (Wildman–Crippen LogP) is 1.90. The molecule has 1 aromatic carbocycles. The zero-order valence-electron chi connectivity index (χ0n) is 11.3. The molecule has 2 atom stereocenters. The first-order valence-electron chi connectivity index (χ1n) is 6.31. The summed E-state index contributed by atoms with van der Waals surface area (Å²) in [4.78, 5) is 11.0. The molecule has 0 radical (unpaired) electrons. The van der Waals surface area contributed by atoms with Gasteiger partial charge in [-0.25, -0.2) is 13.2 Å². The smallest absolute Gasteiger partial charge is 0.335 e. The summed E-state index contributed by atoms with van der Waals surface area (Å²) >= 11 is 1.75. The van der Waals surface area contributed by atoms with Crippen molar-refractivity contribution in [3.05, 3.63) is 29.8 Å². The maximum atomic E-state index is 12.6. The van der Waals surface area contributed by atoms with Gasteiger partial charge in [-0.2, -0.15) is 16.1 Å². The first-order chi connectivity index (χ1) is 9.34. The highest BCUT2D eigenvalue weighted by atomic mass is 32.2. The lowest BCUT2D eigenvalue weighted by Gasteiger charge is -2.36. The van der Waals surface area contributed by atoms with E-state index in [4.69, 9.17) is 5.11 Å². The molecule has 0 saturated carbocycles. The van der Waals surface area contributed by atoms with E-state index in [0.717, 1.165) is 5.75 Å². The van der Waals surface area contributed by atoms with Crippen LogP contribution in [0.2, 0.25) is 0 Å². The van der Waals surface area contributed by atoms with Crippen molar-refractivity contribution in [1.29, 1.82) is 0 Å². The monoisotopic (exact) mass is 315 g/mol. The van der Waals surface area contributed by atoms with Crippen molar-refractivity contribution in [3.8, 4) is 0 Å². The van der Waals surface area contributed by atoms with Crippen LogP contribution in [0.1, 0.15) is 24.2 Å². The first kappa shape index (κ1) is 15.3. The average molecular weight is 315 g/mol. The van der Waals surface area contributed by atoms with Crippen LogP contribution in [0.5, 0.6) is 0 Å². The van der Waals surface area contributed by atoms with Crippen molar-refractivity contribution in [2.24, 2.45) is 0 Å². The van der Waals surface area contributed by atoms with Crippen LogP contribution in [0.25, 0.3) is 0 Å². The van der Waals surface area contributed by atoms with Gasteiger partial charge in [-0.15, -0.1) is 0 Å². The van der Waals surface area contributed by atoms with Crippen LogP contribution in [0.15, 0.2) is 29.2 Å². The standard InChI is InChI=1S/C13H17NO4S2/c1-9-10(2)19-7-6-14(9)20(17,18)12-5-3-4-11(8-12)13(15)16/h3-5,8-10H,6-7H2,1-2H3,(H,15,16). The lowest BCUT2D eigenvalue weighted by Crippen LogP contribution is -2.47. The normalized spacial score (nSPS) is 24.5. The summed E-state index contributed by atoms with van der Waals surface area (Å²) in [5.41, 5.74) is -0.0156. The van der Waals surface area contributed by atoms with Gasteiger partial charge >= 0.3 is 5.97 Å². The molecule has 1 fully saturated rings. The highest BCUT2D eigenvalue weighted by Gasteiger charge is 2.35. The molecule has 1 aliphatic rings.